The first-order valence-electron chi connectivity index (χ1n) is 10.8. The van der Waals surface area contributed by atoms with Crippen LogP contribution in [0.1, 0.15) is 51.3 Å². The molecule has 3 N–H and O–H groups in total. The lowest BCUT2D eigenvalue weighted by atomic mass is 9.55. The number of rotatable bonds is 7. The van der Waals surface area contributed by atoms with Crippen LogP contribution >= 0.6 is 0 Å². The molecule has 0 aliphatic heterocycles. The van der Waals surface area contributed by atoms with Crippen LogP contribution < -0.4 is 10.6 Å². The maximum Gasteiger partial charge on any atom is 0.216 e. The summed E-state index contributed by atoms with van der Waals surface area (Å²) in [4.78, 5) is 8.91. The quantitative estimate of drug-likeness (QED) is 0.488. The summed E-state index contributed by atoms with van der Waals surface area (Å²) in [5, 5.41) is 14.3. The van der Waals surface area contributed by atoms with Gasteiger partial charge in [-0.05, 0) is 38.3 Å². The number of hydrogen-bond donors (Lipinski definition) is 3. The summed E-state index contributed by atoms with van der Waals surface area (Å²) in [6.45, 7) is 3.61. The van der Waals surface area contributed by atoms with Crippen molar-refractivity contribution in [2.24, 2.45) is 10.4 Å². The highest BCUT2D eigenvalue weighted by Gasteiger charge is 2.55. The van der Waals surface area contributed by atoms with Crippen molar-refractivity contribution in [1.82, 2.24) is 25.8 Å². The number of ether oxygens (including phenoxy) is 1. The van der Waals surface area contributed by atoms with Crippen molar-refractivity contribution < 1.29 is 9.15 Å². The smallest absolute Gasteiger partial charge is 0.216 e. The number of aliphatic imine (C=N–C) groups is 1. The fourth-order valence-corrected chi connectivity index (χ4v) is 4.85. The molecular formula is C21H32N6O2. The average Bonchev–Trinajstić information content (AvgIpc) is 3.44. The highest BCUT2D eigenvalue weighted by Crippen LogP contribution is 2.53. The molecule has 0 saturated heterocycles. The number of furan rings is 1. The topological polar surface area (TPSA) is 100 Å². The summed E-state index contributed by atoms with van der Waals surface area (Å²) in [5.74, 6) is 2.93. The van der Waals surface area contributed by atoms with E-state index in [1.807, 2.05) is 19.2 Å². The van der Waals surface area contributed by atoms with E-state index in [2.05, 4.69) is 37.7 Å². The molecule has 2 fully saturated rings. The van der Waals surface area contributed by atoms with Gasteiger partial charge in [0.25, 0.3) is 0 Å². The predicted octanol–water partition coefficient (Wildman–Crippen LogP) is 2.90. The molecule has 1 spiro atoms. The number of nitrogens with zero attached hydrogens (tertiary/aromatic N) is 3. The Morgan fingerprint density at radius 1 is 1.38 bits per heavy atom. The van der Waals surface area contributed by atoms with Gasteiger partial charge in [0, 0.05) is 38.1 Å². The molecule has 0 amide bonds. The second-order valence-electron chi connectivity index (χ2n) is 8.00. The third kappa shape index (κ3) is 4.17. The van der Waals surface area contributed by atoms with Crippen LogP contribution in [0.25, 0.3) is 11.6 Å². The minimum atomic E-state index is 0.273. The average molecular weight is 401 g/mol. The highest BCUT2D eigenvalue weighted by atomic mass is 16.5. The van der Waals surface area contributed by atoms with Crippen LogP contribution in [0.3, 0.4) is 0 Å². The molecule has 0 radical (unpaired) electrons. The number of hydrogen-bond acceptors (Lipinski definition) is 5. The fourth-order valence-electron chi connectivity index (χ4n) is 4.85. The molecule has 2 atom stereocenters. The van der Waals surface area contributed by atoms with Crippen LogP contribution in [0.5, 0.6) is 0 Å². The Morgan fingerprint density at radius 3 is 2.97 bits per heavy atom. The van der Waals surface area contributed by atoms with Gasteiger partial charge in [-0.1, -0.05) is 19.3 Å². The number of aromatic amines is 1. The highest BCUT2D eigenvalue weighted by molar-refractivity contribution is 5.80. The number of aromatic nitrogens is 3. The zero-order valence-electron chi connectivity index (χ0n) is 17.4. The van der Waals surface area contributed by atoms with E-state index in [0.29, 0.717) is 23.7 Å². The maximum atomic E-state index is 6.06. The fraction of sp³-hybridized carbons (Fsp3) is 0.667. The Kier molecular flexibility index (Phi) is 6.18. The SMILES string of the molecule is CCOC1CC(NC(=NC)NCCc2nc(-c3ccco3)n[nH]2)C12CCCCC2. The normalized spacial score (nSPS) is 23.7. The molecular weight excluding hydrogens is 368 g/mol. The molecule has 2 saturated carbocycles. The molecule has 158 valence electrons. The molecule has 2 aliphatic rings. The molecule has 0 bridgehead atoms. The van der Waals surface area contributed by atoms with Crippen LogP contribution in [0.4, 0.5) is 0 Å². The van der Waals surface area contributed by atoms with Gasteiger partial charge in [0.15, 0.2) is 11.7 Å². The summed E-state index contributed by atoms with van der Waals surface area (Å²) in [6.07, 6.45) is 10.2. The predicted molar refractivity (Wildman–Crippen MR) is 112 cm³/mol. The van der Waals surface area contributed by atoms with E-state index in [9.17, 15) is 0 Å². The van der Waals surface area contributed by atoms with Crippen LogP contribution in [-0.2, 0) is 11.2 Å². The van der Waals surface area contributed by atoms with E-state index in [1.165, 1.54) is 32.1 Å². The monoisotopic (exact) mass is 400 g/mol. The molecule has 29 heavy (non-hydrogen) atoms. The van der Waals surface area contributed by atoms with Crippen molar-refractivity contribution in [2.75, 3.05) is 20.2 Å². The third-order valence-electron chi connectivity index (χ3n) is 6.40. The van der Waals surface area contributed by atoms with Crippen LogP contribution in [0.2, 0.25) is 0 Å². The van der Waals surface area contributed by atoms with Gasteiger partial charge in [-0.25, -0.2) is 4.98 Å². The van der Waals surface area contributed by atoms with Crippen LogP contribution in [0, 0.1) is 5.41 Å². The Hall–Kier alpha value is -2.35. The Balaban J connectivity index is 1.29. The summed E-state index contributed by atoms with van der Waals surface area (Å²) < 4.78 is 11.4. The van der Waals surface area contributed by atoms with Crippen LogP contribution in [-0.4, -0.2) is 53.5 Å². The van der Waals surface area contributed by atoms with Crippen LogP contribution in [0.15, 0.2) is 27.8 Å². The van der Waals surface area contributed by atoms with Gasteiger partial charge in [0.05, 0.1) is 12.4 Å². The molecule has 2 aliphatic carbocycles. The number of nitrogens with one attached hydrogen (secondary N) is 3. The minimum absolute atomic E-state index is 0.273. The van der Waals surface area contributed by atoms with Gasteiger partial charge in [0.2, 0.25) is 5.82 Å². The first kappa shape index (κ1) is 19.9. The lowest BCUT2D eigenvalue weighted by molar-refractivity contribution is -0.145. The molecule has 2 aromatic rings. The number of guanidine groups is 1. The first-order chi connectivity index (χ1) is 14.2. The van der Waals surface area contributed by atoms with Crippen molar-refractivity contribution in [1.29, 1.82) is 0 Å². The van der Waals surface area contributed by atoms with Gasteiger partial charge >= 0.3 is 0 Å². The second-order valence-corrected chi connectivity index (χ2v) is 8.00. The van der Waals surface area contributed by atoms with E-state index in [1.54, 1.807) is 6.26 Å². The summed E-state index contributed by atoms with van der Waals surface area (Å²) >= 11 is 0. The molecule has 0 aromatic carbocycles. The van der Waals surface area contributed by atoms with E-state index < -0.39 is 0 Å². The zero-order valence-corrected chi connectivity index (χ0v) is 17.4. The van der Waals surface area contributed by atoms with Crippen molar-refractivity contribution in [3.8, 4) is 11.6 Å². The van der Waals surface area contributed by atoms with Crippen molar-refractivity contribution in [3.05, 3.63) is 24.2 Å². The molecule has 2 aromatic heterocycles. The van der Waals surface area contributed by atoms with Crippen molar-refractivity contribution >= 4 is 5.96 Å². The first-order valence-corrected chi connectivity index (χ1v) is 10.8. The molecule has 8 heteroatoms. The lowest BCUT2D eigenvalue weighted by Gasteiger charge is -2.57. The molecule has 2 unspecified atom stereocenters. The summed E-state index contributed by atoms with van der Waals surface area (Å²) in [6, 6.07) is 4.12. The van der Waals surface area contributed by atoms with Gasteiger partial charge in [-0.3, -0.25) is 10.1 Å². The molecule has 8 nitrogen and oxygen atoms in total. The van der Waals surface area contributed by atoms with Gasteiger partial charge in [0.1, 0.15) is 5.82 Å². The van der Waals surface area contributed by atoms with E-state index in [4.69, 9.17) is 9.15 Å². The Labute approximate surface area is 171 Å². The third-order valence-corrected chi connectivity index (χ3v) is 6.40. The molecule has 4 rings (SSSR count). The molecule has 2 heterocycles. The van der Waals surface area contributed by atoms with E-state index in [-0.39, 0.29) is 5.41 Å². The summed E-state index contributed by atoms with van der Waals surface area (Å²) in [7, 11) is 1.82. The second kappa shape index (κ2) is 8.98. The largest absolute Gasteiger partial charge is 0.461 e. The number of H-pyrrole nitrogens is 1. The van der Waals surface area contributed by atoms with Gasteiger partial charge in [-0.2, -0.15) is 5.10 Å². The van der Waals surface area contributed by atoms with Crippen molar-refractivity contribution in [3.63, 3.8) is 0 Å². The van der Waals surface area contributed by atoms with Gasteiger partial charge in [-0.15, -0.1) is 0 Å². The Morgan fingerprint density at radius 2 is 2.24 bits per heavy atom. The van der Waals surface area contributed by atoms with Crippen molar-refractivity contribution in [2.45, 2.75) is 64.0 Å². The lowest BCUT2D eigenvalue weighted by Crippen LogP contribution is -2.66. The van der Waals surface area contributed by atoms with E-state index >= 15 is 0 Å². The minimum Gasteiger partial charge on any atom is -0.461 e. The summed E-state index contributed by atoms with van der Waals surface area (Å²) in [5.41, 5.74) is 0.273. The van der Waals surface area contributed by atoms with E-state index in [0.717, 1.165) is 37.8 Å². The van der Waals surface area contributed by atoms with Gasteiger partial charge < -0.3 is 19.8 Å². The maximum absolute atomic E-state index is 6.06. The Bertz CT molecular complexity index is 794. The standard InChI is InChI=1S/C21H32N6O2/c1-3-28-17-14-16(21(17)10-5-4-6-11-21)24-20(22-2)23-12-9-18-25-19(27-26-18)15-8-7-13-29-15/h7-8,13,16-17H,3-6,9-12,14H2,1-2H3,(H2,22,23,24)(H,25,26,27). The zero-order chi connectivity index (χ0) is 20.1.